The van der Waals surface area contributed by atoms with Gasteiger partial charge < -0.3 is 15.7 Å². The van der Waals surface area contributed by atoms with Crippen molar-refractivity contribution in [2.45, 2.75) is 6.42 Å². The SMILES string of the molecule is Cn1cc(CCOc2ccc(/C(N)=N/O)c(Cl)c2)cn1. The number of amidine groups is 1. The van der Waals surface area contributed by atoms with Gasteiger partial charge in [0.2, 0.25) is 0 Å². The van der Waals surface area contributed by atoms with Crippen molar-refractivity contribution in [1.29, 1.82) is 0 Å². The van der Waals surface area contributed by atoms with Crippen LogP contribution in [-0.4, -0.2) is 27.4 Å². The fourth-order valence-corrected chi connectivity index (χ4v) is 2.00. The van der Waals surface area contributed by atoms with Gasteiger partial charge in [0.1, 0.15) is 5.75 Å². The molecule has 0 saturated carbocycles. The molecule has 1 aromatic heterocycles. The largest absolute Gasteiger partial charge is 0.493 e. The lowest BCUT2D eigenvalue weighted by atomic mass is 10.2. The van der Waals surface area contributed by atoms with Gasteiger partial charge in [0, 0.05) is 25.2 Å². The molecule has 106 valence electrons. The maximum Gasteiger partial charge on any atom is 0.171 e. The third-order valence-corrected chi connectivity index (χ3v) is 3.05. The van der Waals surface area contributed by atoms with Crippen molar-refractivity contribution in [3.8, 4) is 5.75 Å². The number of nitrogens with two attached hydrogens (primary N) is 1. The van der Waals surface area contributed by atoms with Crippen LogP contribution in [0.25, 0.3) is 0 Å². The first-order valence-corrected chi connectivity index (χ1v) is 6.35. The van der Waals surface area contributed by atoms with Gasteiger partial charge >= 0.3 is 0 Å². The number of nitrogens with zero attached hydrogens (tertiary/aromatic N) is 3. The number of hydrogen-bond acceptors (Lipinski definition) is 4. The minimum Gasteiger partial charge on any atom is -0.493 e. The monoisotopic (exact) mass is 294 g/mol. The first-order chi connectivity index (χ1) is 9.60. The Hall–Kier alpha value is -2.21. The number of aromatic nitrogens is 2. The highest BCUT2D eigenvalue weighted by Gasteiger charge is 2.07. The summed E-state index contributed by atoms with van der Waals surface area (Å²) in [5.74, 6) is 0.602. The van der Waals surface area contributed by atoms with E-state index in [9.17, 15) is 0 Å². The van der Waals surface area contributed by atoms with Gasteiger partial charge in [0.25, 0.3) is 0 Å². The minimum atomic E-state index is -0.0306. The van der Waals surface area contributed by atoms with Gasteiger partial charge in [-0.25, -0.2) is 0 Å². The average molecular weight is 295 g/mol. The summed E-state index contributed by atoms with van der Waals surface area (Å²) in [6.45, 7) is 0.519. The maximum absolute atomic E-state index is 8.62. The van der Waals surface area contributed by atoms with E-state index in [4.69, 9.17) is 27.3 Å². The van der Waals surface area contributed by atoms with E-state index in [1.54, 1.807) is 29.1 Å². The molecule has 6 nitrogen and oxygen atoms in total. The lowest BCUT2D eigenvalue weighted by molar-refractivity contribution is 0.318. The number of rotatable bonds is 5. The zero-order valence-corrected chi connectivity index (χ0v) is 11.7. The molecule has 0 bridgehead atoms. The summed E-state index contributed by atoms with van der Waals surface area (Å²) in [5.41, 5.74) is 7.06. The second-order valence-electron chi connectivity index (χ2n) is 4.25. The van der Waals surface area contributed by atoms with Gasteiger partial charge in [-0.15, -0.1) is 0 Å². The molecule has 0 aliphatic rings. The normalized spacial score (nSPS) is 11.6. The molecule has 0 unspecified atom stereocenters. The maximum atomic E-state index is 8.62. The molecule has 0 amide bonds. The summed E-state index contributed by atoms with van der Waals surface area (Å²) < 4.78 is 7.35. The molecular weight excluding hydrogens is 280 g/mol. The molecule has 3 N–H and O–H groups in total. The number of hydrogen-bond donors (Lipinski definition) is 2. The van der Waals surface area contributed by atoms with Crippen LogP contribution in [0.15, 0.2) is 35.7 Å². The van der Waals surface area contributed by atoms with Crippen LogP contribution >= 0.6 is 11.6 Å². The minimum absolute atomic E-state index is 0.0306. The zero-order chi connectivity index (χ0) is 14.5. The van der Waals surface area contributed by atoms with E-state index in [1.807, 2.05) is 13.2 Å². The molecule has 0 saturated heterocycles. The van der Waals surface area contributed by atoms with E-state index in [1.165, 1.54) is 0 Å². The van der Waals surface area contributed by atoms with E-state index < -0.39 is 0 Å². The Morgan fingerprint density at radius 3 is 2.95 bits per heavy atom. The van der Waals surface area contributed by atoms with E-state index >= 15 is 0 Å². The van der Waals surface area contributed by atoms with Crippen molar-refractivity contribution in [1.82, 2.24) is 9.78 Å². The molecule has 0 aliphatic heterocycles. The number of benzene rings is 1. The highest BCUT2D eigenvalue weighted by molar-refractivity contribution is 6.34. The van der Waals surface area contributed by atoms with Crippen LogP contribution in [0.2, 0.25) is 5.02 Å². The number of ether oxygens (including phenoxy) is 1. The van der Waals surface area contributed by atoms with E-state index in [-0.39, 0.29) is 5.84 Å². The number of halogens is 1. The van der Waals surface area contributed by atoms with Crippen LogP contribution in [-0.2, 0) is 13.5 Å². The van der Waals surface area contributed by atoms with Crippen LogP contribution in [0.4, 0.5) is 0 Å². The Bertz CT molecular complexity index is 625. The quantitative estimate of drug-likeness (QED) is 0.381. The van der Waals surface area contributed by atoms with Crippen LogP contribution in [0, 0.1) is 0 Å². The van der Waals surface area contributed by atoms with Crippen molar-refractivity contribution in [2.75, 3.05) is 6.61 Å². The highest BCUT2D eigenvalue weighted by atomic mass is 35.5. The predicted molar refractivity (Wildman–Crippen MR) is 76.4 cm³/mol. The van der Waals surface area contributed by atoms with Crippen LogP contribution in [0.3, 0.4) is 0 Å². The molecule has 20 heavy (non-hydrogen) atoms. The lowest BCUT2D eigenvalue weighted by Gasteiger charge is -2.08. The Balaban J connectivity index is 1.95. The summed E-state index contributed by atoms with van der Waals surface area (Å²) in [6, 6.07) is 5.01. The van der Waals surface area contributed by atoms with Gasteiger partial charge in [-0.1, -0.05) is 16.8 Å². The standard InChI is InChI=1S/C13H15ClN4O2/c1-18-8-9(7-16-18)4-5-20-10-2-3-11(12(14)6-10)13(15)17-19/h2-3,6-8,19H,4-5H2,1H3,(H2,15,17). The molecule has 7 heteroatoms. The smallest absolute Gasteiger partial charge is 0.171 e. The second-order valence-corrected chi connectivity index (χ2v) is 4.65. The predicted octanol–water partition coefficient (Wildman–Crippen LogP) is 1.79. The van der Waals surface area contributed by atoms with Gasteiger partial charge in [-0.2, -0.15) is 5.10 Å². The molecule has 1 aromatic carbocycles. The molecular formula is C13H15ClN4O2. The molecule has 0 spiro atoms. The Kier molecular flexibility index (Phi) is 4.47. The van der Waals surface area contributed by atoms with Crippen LogP contribution in [0.5, 0.6) is 5.75 Å². The third kappa shape index (κ3) is 3.42. The second kappa shape index (κ2) is 6.29. The Labute approximate surface area is 121 Å². The van der Waals surface area contributed by atoms with Gasteiger partial charge in [0.05, 0.1) is 17.8 Å². The topological polar surface area (TPSA) is 85.7 Å². The number of aryl methyl sites for hydroxylation is 1. The number of oxime groups is 1. The van der Waals surface area contributed by atoms with Gasteiger partial charge in [0.15, 0.2) is 5.84 Å². The van der Waals surface area contributed by atoms with E-state index in [0.717, 1.165) is 12.0 Å². The summed E-state index contributed by atoms with van der Waals surface area (Å²) in [4.78, 5) is 0. The first kappa shape index (κ1) is 14.2. The first-order valence-electron chi connectivity index (χ1n) is 5.98. The summed E-state index contributed by atoms with van der Waals surface area (Å²) in [5, 5.41) is 16.0. The fraction of sp³-hybridized carbons (Fsp3) is 0.231. The zero-order valence-electron chi connectivity index (χ0n) is 11.0. The summed E-state index contributed by atoms with van der Waals surface area (Å²) >= 11 is 6.04. The molecule has 0 aliphatic carbocycles. The van der Waals surface area contributed by atoms with E-state index in [0.29, 0.717) is 22.9 Å². The summed E-state index contributed by atoms with van der Waals surface area (Å²) in [7, 11) is 1.87. The van der Waals surface area contributed by atoms with Crippen LogP contribution < -0.4 is 10.5 Å². The van der Waals surface area contributed by atoms with Crippen molar-refractivity contribution < 1.29 is 9.94 Å². The Morgan fingerprint density at radius 1 is 1.55 bits per heavy atom. The average Bonchev–Trinajstić information content (AvgIpc) is 2.84. The molecule has 0 fully saturated rings. The third-order valence-electron chi connectivity index (χ3n) is 2.74. The highest BCUT2D eigenvalue weighted by Crippen LogP contribution is 2.22. The van der Waals surface area contributed by atoms with Gasteiger partial charge in [-0.05, 0) is 23.8 Å². The van der Waals surface area contributed by atoms with Gasteiger partial charge in [-0.3, -0.25) is 4.68 Å². The van der Waals surface area contributed by atoms with Crippen molar-refractivity contribution >= 4 is 17.4 Å². The fourth-order valence-electron chi connectivity index (χ4n) is 1.73. The Morgan fingerprint density at radius 2 is 2.35 bits per heavy atom. The molecule has 0 atom stereocenters. The molecule has 2 aromatic rings. The molecule has 0 radical (unpaired) electrons. The van der Waals surface area contributed by atoms with E-state index in [2.05, 4.69) is 10.3 Å². The van der Waals surface area contributed by atoms with Crippen LogP contribution in [0.1, 0.15) is 11.1 Å². The van der Waals surface area contributed by atoms with Crippen molar-refractivity contribution in [3.63, 3.8) is 0 Å². The van der Waals surface area contributed by atoms with Crippen molar-refractivity contribution in [3.05, 3.63) is 46.7 Å². The van der Waals surface area contributed by atoms with Crippen molar-refractivity contribution in [2.24, 2.45) is 17.9 Å². The summed E-state index contributed by atoms with van der Waals surface area (Å²) in [6.07, 6.45) is 4.50. The lowest BCUT2D eigenvalue weighted by Crippen LogP contribution is -2.13. The molecule has 2 rings (SSSR count). The molecule has 1 heterocycles.